The Balaban J connectivity index is 1.72. The number of rotatable bonds is 5. The molecule has 150 valence electrons. The molecule has 4 aromatic heterocycles. The summed E-state index contributed by atoms with van der Waals surface area (Å²) in [5.41, 5.74) is 2.72. The molecule has 0 aliphatic rings. The van der Waals surface area contributed by atoms with E-state index in [-0.39, 0.29) is 17.1 Å². The van der Waals surface area contributed by atoms with Gasteiger partial charge in [0.25, 0.3) is 18.0 Å². The summed E-state index contributed by atoms with van der Waals surface area (Å²) >= 11 is 0. The Hall–Kier alpha value is -3.63. The van der Waals surface area contributed by atoms with Gasteiger partial charge in [0, 0.05) is 30.6 Å². The van der Waals surface area contributed by atoms with Crippen molar-refractivity contribution in [3.63, 3.8) is 0 Å². The molecule has 0 radical (unpaired) electrons. The second-order valence-corrected chi connectivity index (χ2v) is 6.60. The minimum absolute atomic E-state index is 0.176. The summed E-state index contributed by atoms with van der Waals surface area (Å²) in [6.45, 7) is 2.80. The van der Waals surface area contributed by atoms with Gasteiger partial charge < -0.3 is 9.84 Å². The Labute approximate surface area is 163 Å². The topological polar surface area (TPSA) is 104 Å². The lowest BCUT2D eigenvalue weighted by atomic mass is 10.1. The minimum atomic E-state index is -2.54. The van der Waals surface area contributed by atoms with E-state index < -0.39 is 18.9 Å². The number of alkyl halides is 2. The fourth-order valence-electron chi connectivity index (χ4n) is 3.05. The van der Waals surface area contributed by atoms with Gasteiger partial charge in [-0.3, -0.25) is 14.2 Å². The average molecular weight is 401 g/mol. The third-order valence-corrected chi connectivity index (χ3v) is 4.40. The van der Waals surface area contributed by atoms with E-state index in [4.69, 9.17) is 4.52 Å². The molecule has 0 fully saturated rings. The normalized spacial score (nSPS) is 11.5. The van der Waals surface area contributed by atoms with Gasteiger partial charge in [0.05, 0.1) is 28.5 Å². The van der Waals surface area contributed by atoms with Crippen LogP contribution in [0.4, 0.5) is 14.6 Å². The zero-order valence-corrected chi connectivity index (χ0v) is 15.8. The summed E-state index contributed by atoms with van der Waals surface area (Å²) < 4.78 is 33.3. The van der Waals surface area contributed by atoms with Crippen LogP contribution in [0.5, 0.6) is 0 Å². The van der Waals surface area contributed by atoms with Crippen molar-refractivity contribution in [1.82, 2.24) is 29.7 Å². The van der Waals surface area contributed by atoms with Crippen LogP contribution in [-0.2, 0) is 13.6 Å². The number of aryl methyl sites for hydroxylation is 3. The van der Waals surface area contributed by atoms with Crippen molar-refractivity contribution in [2.75, 3.05) is 5.32 Å². The van der Waals surface area contributed by atoms with Crippen molar-refractivity contribution in [3.8, 4) is 11.3 Å². The van der Waals surface area contributed by atoms with Crippen LogP contribution < -0.4 is 5.32 Å². The maximum absolute atomic E-state index is 13.0. The largest absolute Gasteiger partial charge is 0.335 e. The number of fused-ring (bicyclic) bond motifs is 1. The number of carbonyl (C=O) groups is 1. The first-order valence-corrected chi connectivity index (χ1v) is 8.72. The molecule has 0 spiro atoms. The summed E-state index contributed by atoms with van der Waals surface area (Å²) in [5.74, 6) is -0.300. The molecule has 0 saturated heterocycles. The van der Waals surface area contributed by atoms with Crippen LogP contribution in [-0.4, -0.2) is 42.0 Å². The maximum atomic E-state index is 13.0. The monoisotopic (exact) mass is 401 g/mol. The minimum Gasteiger partial charge on any atom is -0.335 e. The van der Waals surface area contributed by atoms with E-state index in [0.29, 0.717) is 28.0 Å². The molecular weight excluding hydrogens is 384 g/mol. The Morgan fingerprint density at radius 3 is 2.79 bits per heavy atom. The molecule has 4 heterocycles. The van der Waals surface area contributed by atoms with Crippen molar-refractivity contribution in [2.45, 2.75) is 26.8 Å². The molecule has 0 unspecified atom stereocenters. The maximum Gasteiger partial charge on any atom is 0.259 e. The van der Waals surface area contributed by atoms with Crippen molar-refractivity contribution < 1.29 is 18.1 Å². The lowest BCUT2D eigenvalue weighted by Crippen LogP contribution is -2.15. The summed E-state index contributed by atoms with van der Waals surface area (Å²) in [7, 11) is 1.77. The molecule has 0 atom stereocenters. The standard InChI is InChI=1S/C18H17F2N7O2/c1-9-4-15(24-27(9)8-14(19)20)23-17(28)12-5-13(11-6-21-26(3)7-11)22-18-16(12)10(2)25-29-18/h4-7,14H,8H2,1-3H3,(H,23,24,28). The highest BCUT2D eigenvalue weighted by Crippen LogP contribution is 2.27. The van der Waals surface area contributed by atoms with Gasteiger partial charge in [-0.25, -0.2) is 13.8 Å². The fourth-order valence-corrected chi connectivity index (χ4v) is 3.05. The van der Waals surface area contributed by atoms with Crippen LogP contribution in [0.1, 0.15) is 21.7 Å². The predicted octanol–water partition coefficient (Wildman–Crippen LogP) is 2.95. The van der Waals surface area contributed by atoms with Gasteiger partial charge >= 0.3 is 0 Å². The summed E-state index contributed by atoms with van der Waals surface area (Å²) in [4.78, 5) is 17.4. The second-order valence-electron chi connectivity index (χ2n) is 6.60. The van der Waals surface area contributed by atoms with Crippen molar-refractivity contribution in [2.24, 2.45) is 7.05 Å². The molecule has 0 aliphatic heterocycles. The second kappa shape index (κ2) is 7.08. The zero-order valence-electron chi connectivity index (χ0n) is 15.8. The number of anilines is 1. The molecule has 0 saturated carbocycles. The van der Waals surface area contributed by atoms with Crippen LogP contribution in [0.15, 0.2) is 29.0 Å². The van der Waals surface area contributed by atoms with Gasteiger partial charge in [0.2, 0.25) is 0 Å². The number of hydrogen-bond donors (Lipinski definition) is 1. The molecule has 0 aromatic carbocycles. The highest BCUT2D eigenvalue weighted by molar-refractivity contribution is 6.12. The molecule has 1 amide bonds. The van der Waals surface area contributed by atoms with Crippen molar-refractivity contribution in [3.05, 3.63) is 41.5 Å². The SMILES string of the molecule is Cc1noc2nc(-c3cnn(C)c3)cc(C(=O)Nc3cc(C)n(CC(F)F)n3)c12. The Kier molecular flexibility index (Phi) is 4.57. The third-order valence-electron chi connectivity index (χ3n) is 4.40. The van der Waals surface area contributed by atoms with Gasteiger partial charge in [-0.05, 0) is 19.9 Å². The van der Waals surface area contributed by atoms with E-state index in [2.05, 4.69) is 25.7 Å². The average Bonchev–Trinajstić information content (AvgIpc) is 3.34. The lowest BCUT2D eigenvalue weighted by Gasteiger charge is -2.06. The van der Waals surface area contributed by atoms with E-state index in [0.717, 1.165) is 4.68 Å². The van der Waals surface area contributed by atoms with E-state index in [1.54, 1.807) is 44.0 Å². The molecule has 9 nitrogen and oxygen atoms in total. The lowest BCUT2D eigenvalue weighted by molar-refractivity contribution is 0.102. The first kappa shape index (κ1) is 18.7. The van der Waals surface area contributed by atoms with Crippen LogP contribution in [0.3, 0.4) is 0 Å². The summed E-state index contributed by atoms with van der Waals surface area (Å²) in [5, 5.41) is 15.2. The first-order valence-electron chi connectivity index (χ1n) is 8.72. The van der Waals surface area contributed by atoms with E-state index >= 15 is 0 Å². The number of halogens is 2. The fraction of sp³-hybridized carbons (Fsp3) is 0.278. The molecule has 4 aromatic rings. The van der Waals surface area contributed by atoms with Crippen molar-refractivity contribution >= 4 is 22.8 Å². The highest BCUT2D eigenvalue weighted by atomic mass is 19.3. The molecule has 0 aliphatic carbocycles. The van der Waals surface area contributed by atoms with Gasteiger partial charge in [0.1, 0.15) is 6.54 Å². The number of nitrogens with one attached hydrogen (secondary N) is 1. The number of hydrogen-bond acceptors (Lipinski definition) is 6. The number of amides is 1. The Bertz CT molecular complexity index is 1210. The Morgan fingerprint density at radius 1 is 1.31 bits per heavy atom. The zero-order chi connectivity index (χ0) is 20.7. The smallest absolute Gasteiger partial charge is 0.259 e. The predicted molar refractivity (Wildman–Crippen MR) is 99.7 cm³/mol. The Morgan fingerprint density at radius 2 is 2.10 bits per heavy atom. The molecule has 11 heteroatoms. The molecule has 0 bridgehead atoms. The summed E-state index contributed by atoms with van der Waals surface area (Å²) in [6, 6.07) is 3.14. The molecular formula is C18H17F2N7O2. The summed E-state index contributed by atoms with van der Waals surface area (Å²) in [6.07, 6.45) is 0.835. The number of pyridine rings is 1. The first-order chi connectivity index (χ1) is 13.8. The third kappa shape index (κ3) is 3.58. The van der Waals surface area contributed by atoms with Crippen molar-refractivity contribution in [1.29, 1.82) is 0 Å². The van der Waals surface area contributed by atoms with Crippen LogP contribution in [0.25, 0.3) is 22.4 Å². The molecule has 4 rings (SSSR count). The highest BCUT2D eigenvalue weighted by Gasteiger charge is 2.21. The van der Waals surface area contributed by atoms with Crippen LogP contribution in [0, 0.1) is 13.8 Å². The van der Waals surface area contributed by atoms with E-state index in [1.807, 2.05) is 0 Å². The van der Waals surface area contributed by atoms with Gasteiger partial charge in [-0.1, -0.05) is 5.16 Å². The number of carbonyl (C=O) groups excluding carboxylic acids is 1. The number of nitrogens with zero attached hydrogens (tertiary/aromatic N) is 6. The van der Waals surface area contributed by atoms with E-state index in [1.165, 1.54) is 6.07 Å². The van der Waals surface area contributed by atoms with Gasteiger partial charge in [0.15, 0.2) is 5.82 Å². The van der Waals surface area contributed by atoms with Gasteiger partial charge in [-0.2, -0.15) is 10.2 Å². The quantitative estimate of drug-likeness (QED) is 0.551. The van der Waals surface area contributed by atoms with Crippen LogP contribution in [0.2, 0.25) is 0 Å². The molecule has 1 N–H and O–H groups in total. The molecule has 29 heavy (non-hydrogen) atoms. The number of aromatic nitrogens is 6. The van der Waals surface area contributed by atoms with E-state index in [9.17, 15) is 13.6 Å². The van der Waals surface area contributed by atoms with Gasteiger partial charge in [-0.15, -0.1) is 0 Å². The van der Waals surface area contributed by atoms with Crippen LogP contribution >= 0.6 is 0 Å².